The number of nitrogens with zero attached hydrogens (tertiary/aromatic N) is 1. The fraction of sp³-hybridized carbons (Fsp3) is 0.333. The van der Waals surface area contributed by atoms with Crippen molar-refractivity contribution >= 4 is 46.5 Å². The van der Waals surface area contributed by atoms with Gasteiger partial charge in [0.05, 0.1) is 18.1 Å². The van der Waals surface area contributed by atoms with Crippen LogP contribution in [-0.4, -0.2) is 34.6 Å². The van der Waals surface area contributed by atoms with E-state index >= 15 is 0 Å². The SMILES string of the molecule is COc1ccc(NC(=O)Cn2c3c(sc2=O)[C@@H](c2ccc(C(C)(C)C)cc2)[C@H]2C(=O)NC(=O)[C@H]2S3)cc1. The number of hydrogen-bond acceptors (Lipinski definition) is 7. The molecule has 5 rings (SSSR count). The second-order valence-electron chi connectivity index (χ2n) is 10.2. The lowest BCUT2D eigenvalue weighted by atomic mass is 9.81. The molecular weight excluding hydrogens is 510 g/mol. The Labute approximate surface area is 222 Å². The average molecular weight is 538 g/mol. The average Bonchev–Trinajstić information content (AvgIpc) is 3.32. The van der Waals surface area contributed by atoms with Crippen LogP contribution in [0.1, 0.15) is 42.7 Å². The molecule has 0 radical (unpaired) electrons. The van der Waals surface area contributed by atoms with Crippen LogP contribution in [0.4, 0.5) is 5.69 Å². The highest BCUT2D eigenvalue weighted by Crippen LogP contribution is 2.51. The number of hydrogen-bond donors (Lipinski definition) is 2. The molecule has 0 spiro atoms. The molecule has 3 aromatic rings. The van der Waals surface area contributed by atoms with Gasteiger partial charge in [-0.15, -0.1) is 0 Å². The summed E-state index contributed by atoms with van der Waals surface area (Å²) in [6.07, 6.45) is 0. The number of anilines is 1. The molecule has 2 N–H and O–H groups in total. The van der Waals surface area contributed by atoms with E-state index in [-0.39, 0.29) is 34.6 Å². The second-order valence-corrected chi connectivity index (χ2v) is 12.3. The largest absolute Gasteiger partial charge is 0.497 e. The zero-order valence-electron chi connectivity index (χ0n) is 20.9. The lowest BCUT2D eigenvalue weighted by molar-refractivity contribution is -0.126. The maximum absolute atomic E-state index is 13.1. The molecule has 3 amide bonds. The van der Waals surface area contributed by atoms with Crippen LogP contribution in [0.25, 0.3) is 0 Å². The van der Waals surface area contributed by atoms with Crippen LogP contribution in [0.3, 0.4) is 0 Å². The molecule has 2 aliphatic rings. The van der Waals surface area contributed by atoms with Gasteiger partial charge in [-0.1, -0.05) is 68.1 Å². The lowest BCUT2D eigenvalue weighted by Gasteiger charge is -2.31. The van der Waals surface area contributed by atoms with Crippen molar-refractivity contribution in [1.29, 1.82) is 0 Å². The minimum atomic E-state index is -0.669. The molecule has 0 unspecified atom stereocenters. The molecule has 37 heavy (non-hydrogen) atoms. The molecule has 0 saturated carbocycles. The van der Waals surface area contributed by atoms with Gasteiger partial charge in [0.1, 0.15) is 17.5 Å². The summed E-state index contributed by atoms with van der Waals surface area (Å²) in [5, 5.41) is 5.16. The number of benzene rings is 2. The molecule has 1 fully saturated rings. The first-order valence-corrected chi connectivity index (χ1v) is 13.6. The molecule has 3 heterocycles. The summed E-state index contributed by atoms with van der Waals surface area (Å²) in [5.41, 5.74) is 2.55. The summed E-state index contributed by atoms with van der Waals surface area (Å²) in [7, 11) is 1.56. The zero-order valence-corrected chi connectivity index (χ0v) is 22.5. The summed E-state index contributed by atoms with van der Waals surface area (Å²) in [6.45, 7) is 6.17. The van der Waals surface area contributed by atoms with E-state index in [1.54, 1.807) is 31.4 Å². The minimum absolute atomic E-state index is 0.0409. The standard InChI is InChI=1S/C27H27N3O5S2/c1-27(2,3)15-7-5-14(6-8-15)19-20-21(24(33)29-23(20)32)36-25-22(19)37-26(34)30(25)13-18(31)28-16-9-11-17(35-4)12-10-16/h5-12,19-21H,13H2,1-4H3,(H,28,31)(H,29,32,33)/t19-,20+,21-/m0/s1. The van der Waals surface area contributed by atoms with E-state index < -0.39 is 17.1 Å². The van der Waals surface area contributed by atoms with Crippen molar-refractivity contribution < 1.29 is 19.1 Å². The van der Waals surface area contributed by atoms with Crippen LogP contribution in [0, 0.1) is 5.92 Å². The number of carbonyl (C=O) groups excluding carboxylic acids is 3. The topological polar surface area (TPSA) is 106 Å². The van der Waals surface area contributed by atoms with E-state index in [0.717, 1.165) is 22.5 Å². The highest BCUT2D eigenvalue weighted by molar-refractivity contribution is 8.00. The third kappa shape index (κ3) is 4.71. The molecule has 2 aromatic carbocycles. The lowest BCUT2D eigenvalue weighted by Crippen LogP contribution is -2.32. The first-order chi connectivity index (χ1) is 17.6. The van der Waals surface area contributed by atoms with Gasteiger partial charge in [-0.2, -0.15) is 0 Å². The predicted octanol–water partition coefficient (Wildman–Crippen LogP) is 3.73. The number of carbonyl (C=O) groups is 3. The molecule has 8 nitrogen and oxygen atoms in total. The van der Waals surface area contributed by atoms with Crippen LogP contribution >= 0.6 is 23.1 Å². The van der Waals surface area contributed by atoms with E-state index in [9.17, 15) is 19.2 Å². The van der Waals surface area contributed by atoms with Gasteiger partial charge in [0.2, 0.25) is 17.7 Å². The fourth-order valence-corrected chi connectivity index (χ4v) is 7.48. The maximum Gasteiger partial charge on any atom is 0.308 e. The Bertz CT molecular complexity index is 1430. The molecule has 1 saturated heterocycles. The molecule has 2 aliphatic heterocycles. The quantitative estimate of drug-likeness (QED) is 0.481. The van der Waals surface area contributed by atoms with E-state index in [4.69, 9.17) is 4.74 Å². The number of imide groups is 1. The molecule has 0 aliphatic carbocycles. The molecular formula is C27H27N3O5S2. The number of thiazole rings is 1. The summed E-state index contributed by atoms with van der Waals surface area (Å²) in [5.74, 6) is -1.47. The summed E-state index contributed by atoms with van der Waals surface area (Å²) < 4.78 is 6.55. The Morgan fingerprint density at radius 1 is 1.03 bits per heavy atom. The third-order valence-corrected chi connectivity index (χ3v) is 9.32. The first kappa shape index (κ1) is 25.3. The van der Waals surface area contributed by atoms with Crippen molar-refractivity contribution in [2.24, 2.45) is 5.92 Å². The van der Waals surface area contributed by atoms with E-state index in [1.165, 1.54) is 16.3 Å². The number of ether oxygens (including phenoxy) is 1. The number of fused-ring (bicyclic) bond motifs is 2. The Morgan fingerprint density at radius 3 is 2.32 bits per heavy atom. The van der Waals surface area contributed by atoms with Crippen LogP contribution < -0.4 is 20.2 Å². The van der Waals surface area contributed by atoms with Gasteiger partial charge in [0.15, 0.2) is 0 Å². The smallest absolute Gasteiger partial charge is 0.308 e. The first-order valence-electron chi connectivity index (χ1n) is 11.9. The normalized spacial score (nSPS) is 20.7. The number of rotatable bonds is 5. The third-order valence-electron chi connectivity index (χ3n) is 6.70. The van der Waals surface area contributed by atoms with Crippen LogP contribution in [0.15, 0.2) is 58.4 Å². The number of methoxy groups -OCH3 is 1. The van der Waals surface area contributed by atoms with E-state index in [1.807, 2.05) is 24.3 Å². The van der Waals surface area contributed by atoms with Crippen molar-refractivity contribution in [3.63, 3.8) is 0 Å². The number of amides is 3. The molecule has 192 valence electrons. The minimum Gasteiger partial charge on any atom is -0.497 e. The maximum atomic E-state index is 13.1. The van der Waals surface area contributed by atoms with E-state index in [0.29, 0.717) is 21.3 Å². The van der Waals surface area contributed by atoms with Gasteiger partial charge >= 0.3 is 4.87 Å². The van der Waals surface area contributed by atoms with Crippen molar-refractivity contribution in [3.8, 4) is 5.75 Å². The molecule has 1 aromatic heterocycles. The highest BCUT2D eigenvalue weighted by atomic mass is 32.2. The monoisotopic (exact) mass is 537 g/mol. The van der Waals surface area contributed by atoms with Gasteiger partial charge in [0, 0.05) is 16.5 Å². The van der Waals surface area contributed by atoms with Gasteiger partial charge < -0.3 is 10.1 Å². The van der Waals surface area contributed by atoms with Gasteiger partial charge in [-0.05, 0) is 40.8 Å². The van der Waals surface area contributed by atoms with Crippen molar-refractivity contribution in [2.75, 3.05) is 12.4 Å². The van der Waals surface area contributed by atoms with Crippen molar-refractivity contribution in [1.82, 2.24) is 9.88 Å². The van der Waals surface area contributed by atoms with Crippen LogP contribution in [-0.2, 0) is 26.3 Å². The Morgan fingerprint density at radius 2 is 1.70 bits per heavy atom. The Hall–Kier alpha value is -3.37. The Balaban J connectivity index is 1.50. The van der Waals surface area contributed by atoms with Crippen molar-refractivity contribution in [2.45, 2.75) is 48.9 Å². The van der Waals surface area contributed by atoms with Gasteiger partial charge in [-0.3, -0.25) is 29.1 Å². The molecule has 0 bridgehead atoms. The summed E-state index contributed by atoms with van der Waals surface area (Å²) >= 11 is 2.22. The molecule has 3 atom stereocenters. The predicted molar refractivity (Wildman–Crippen MR) is 143 cm³/mol. The number of aromatic nitrogens is 1. The number of thioether (sulfide) groups is 1. The summed E-state index contributed by atoms with van der Waals surface area (Å²) in [4.78, 5) is 51.9. The summed E-state index contributed by atoms with van der Waals surface area (Å²) in [6, 6.07) is 14.9. The van der Waals surface area contributed by atoms with E-state index in [2.05, 4.69) is 31.4 Å². The van der Waals surface area contributed by atoms with Crippen LogP contribution in [0.2, 0.25) is 0 Å². The highest BCUT2D eigenvalue weighted by Gasteiger charge is 2.52. The van der Waals surface area contributed by atoms with Gasteiger partial charge in [0.25, 0.3) is 0 Å². The second kappa shape index (κ2) is 9.50. The zero-order chi connectivity index (χ0) is 26.5. The Kier molecular flexibility index (Phi) is 6.49. The fourth-order valence-electron chi connectivity index (χ4n) is 4.74. The number of nitrogens with one attached hydrogen (secondary N) is 2. The van der Waals surface area contributed by atoms with Crippen molar-refractivity contribution in [3.05, 3.63) is 74.2 Å². The van der Waals surface area contributed by atoms with Crippen LogP contribution in [0.5, 0.6) is 5.75 Å². The van der Waals surface area contributed by atoms with Gasteiger partial charge in [-0.25, -0.2) is 0 Å². The molecule has 10 heteroatoms.